The van der Waals surface area contributed by atoms with Crippen molar-refractivity contribution in [3.05, 3.63) is 36.4 Å². The largest absolute Gasteiger partial charge is 0.384 e. The van der Waals surface area contributed by atoms with E-state index in [4.69, 9.17) is 0 Å². The highest BCUT2D eigenvalue weighted by atomic mass is 16.3. The molecule has 2 rings (SSSR count). The molecule has 1 unspecified atom stereocenters. The van der Waals surface area contributed by atoms with Crippen molar-refractivity contribution in [2.75, 3.05) is 0 Å². The SMILES string of the molecule is C=CC(O)c1cccc2[nH]nnc12. The molecule has 4 nitrogen and oxygen atoms in total. The summed E-state index contributed by atoms with van der Waals surface area (Å²) < 4.78 is 0. The number of hydrogen-bond donors (Lipinski definition) is 2. The average Bonchev–Trinajstić information content (AvgIpc) is 2.63. The number of aliphatic hydroxyl groups excluding tert-OH is 1. The number of nitrogens with zero attached hydrogens (tertiary/aromatic N) is 2. The lowest BCUT2D eigenvalue weighted by molar-refractivity contribution is 0.230. The maximum Gasteiger partial charge on any atom is 0.119 e. The Bertz CT molecular complexity index is 435. The molecule has 0 radical (unpaired) electrons. The van der Waals surface area contributed by atoms with Gasteiger partial charge in [0.1, 0.15) is 5.52 Å². The summed E-state index contributed by atoms with van der Waals surface area (Å²) in [5.41, 5.74) is 2.23. The van der Waals surface area contributed by atoms with Gasteiger partial charge in [0, 0.05) is 5.56 Å². The van der Waals surface area contributed by atoms with E-state index in [1.165, 1.54) is 6.08 Å². The molecular formula is C9H9N3O. The third-order valence-electron chi connectivity index (χ3n) is 1.93. The van der Waals surface area contributed by atoms with Crippen LogP contribution >= 0.6 is 0 Å². The highest BCUT2D eigenvalue weighted by Gasteiger charge is 2.09. The number of nitrogens with one attached hydrogen (secondary N) is 1. The van der Waals surface area contributed by atoms with Gasteiger partial charge in [0.15, 0.2) is 0 Å². The summed E-state index contributed by atoms with van der Waals surface area (Å²) in [6, 6.07) is 5.50. The molecule has 0 bridgehead atoms. The molecule has 0 saturated heterocycles. The van der Waals surface area contributed by atoms with Gasteiger partial charge >= 0.3 is 0 Å². The standard InChI is InChI=1S/C9H9N3O/c1-2-8(13)6-4-3-5-7-9(6)11-12-10-7/h2-5,8,13H,1H2,(H,10,11,12). The van der Waals surface area contributed by atoms with Gasteiger partial charge in [0.25, 0.3) is 0 Å². The molecule has 0 saturated carbocycles. The van der Waals surface area contributed by atoms with E-state index < -0.39 is 6.10 Å². The fraction of sp³-hybridized carbons (Fsp3) is 0.111. The van der Waals surface area contributed by atoms with Crippen LogP contribution in [0, 0.1) is 0 Å². The van der Waals surface area contributed by atoms with E-state index in [1.807, 2.05) is 12.1 Å². The van der Waals surface area contributed by atoms with Gasteiger partial charge in [-0.15, -0.1) is 11.7 Å². The van der Waals surface area contributed by atoms with Crippen LogP contribution in [0.25, 0.3) is 11.0 Å². The molecule has 0 aliphatic rings. The molecule has 1 heterocycles. The number of aromatic nitrogens is 3. The Balaban J connectivity index is 2.67. The van der Waals surface area contributed by atoms with Crippen molar-refractivity contribution in [2.45, 2.75) is 6.10 Å². The second-order valence-electron chi connectivity index (χ2n) is 2.74. The number of rotatable bonds is 2. The third kappa shape index (κ3) is 1.21. The first-order valence-corrected chi connectivity index (χ1v) is 3.93. The molecule has 0 aliphatic carbocycles. The monoisotopic (exact) mass is 175 g/mol. The zero-order valence-corrected chi connectivity index (χ0v) is 6.94. The van der Waals surface area contributed by atoms with E-state index in [-0.39, 0.29) is 0 Å². The number of fused-ring (bicyclic) bond motifs is 1. The van der Waals surface area contributed by atoms with Crippen molar-refractivity contribution < 1.29 is 5.11 Å². The van der Waals surface area contributed by atoms with Crippen LogP contribution in [0.1, 0.15) is 11.7 Å². The van der Waals surface area contributed by atoms with Crippen molar-refractivity contribution in [2.24, 2.45) is 0 Å². The van der Waals surface area contributed by atoms with Gasteiger partial charge in [-0.1, -0.05) is 23.4 Å². The molecule has 66 valence electrons. The fourth-order valence-corrected chi connectivity index (χ4v) is 1.26. The van der Waals surface area contributed by atoms with Crippen molar-refractivity contribution in [3.63, 3.8) is 0 Å². The van der Waals surface area contributed by atoms with Crippen LogP contribution in [0.3, 0.4) is 0 Å². The van der Waals surface area contributed by atoms with E-state index in [0.29, 0.717) is 5.52 Å². The summed E-state index contributed by atoms with van der Waals surface area (Å²) in [5, 5.41) is 19.8. The van der Waals surface area contributed by atoms with E-state index in [1.54, 1.807) is 6.07 Å². The topological polar surface area (TPSA) is 61.8 Å². The average molecular weight is 175 g/mol. The summed E-state index contributed by atoms with van der Waals surface area (Å²) in [6.45, 7) is 3.52. The second kappa shape index (κ2) is 2.99. The minimum atomic E-state index is -0.686. The Morgan fingerprint density at radius 2 is 2.38 bits per heavy atom. The lowest BCUT2D eigenvalue weighted by Crippen LogP contribution is -1.93. The van der Waals surface area contributed by atoms with Crippen LogP contribution in [-0.4, -0.2) is 20.5 Å². The highest BCUT2D eigenvalue weighted by Crippen LogP contribution is 2.20. The summed E-state index contributed by atoms with van der Waals surface area (Å²) >= 11 is 0. The van der Waals surface area contributed by atoms with Gasteiger partial charge in [-0.3, -0.25) is 5.10 Å². The summed E-state index contributed by atoms with van der Waals surface area (Å²) in [4.78, 5) is 0. The number of H-pyrrole nitrogens is 1. The van der Waals surface area contributed by atoms with E-state index in [9.17, 15) is 5.11 Å². The lowest BCUT2D eigenvalue weighted by atomic mass is 10.1. The van der Waals surface area contributed by atoms with Crippen LogP contribution in [0.2, 0.25) is 0 Å². The minimum Gasteiger partial charge on any atom is -0.384 e. The molecule has 0 fully saturated rings. The molecule has 2 N–H and O–H groups in total. The Morgan fingerprint density at radius 1 is 1.54 bits per heavy atom. The number of aliphatic hydroxyl groups is 1. The van der Waals surface area contributed by atoms with Gasteiger partial charge in [0.05, 0.1) is 11.6 Å². The predicted molar refractivity (Wildman–Crippen MR) is 49.0 cm³/mol. The first-order valence-electron chi connectivity index (χ1n) is 3.93. The normalized spacial score (nSPS) is 13.0. The molecule has 4 heteroatoms. The zero-order chi connectivity index (χ0) is 9.26. The number of benzene rings is 1. The van der Waals surface area contributed by atoms with Crippen molar-refractivity contribution in [1.29, 1.82) is 0 Å². The number of aromatic amines is 1. The first kappa shape index (κ1) is 7.94. The van der Waals surface area contributed by atoms with Crippen molar-refractivity contribution >= 4 is 11.0 Å². The van der Waals surface area contributed by atoms with Crippen molar-refractivity contribution in [1.82, 2.24) is 15.4 Å². The van der Waals surface area contributed by atoms with Gasteiger partial charge in [-0.25, -0.2) is 0 Å². The summed E-state index contributed by atoms with van der Waals surface area (Å²) in [5.74, 6) is 0. The Morgan fingerprint density at radius 3 is 3.15 bits per heavy atom. The van der Waals surface area contributed by atoms with Gasteiger partial charge < -0.3 is 5.11 Å². The Kier molecular flexibility index (Phi) is 1.83. The van der Waals surface area contributed by atoms with Crippen LogP contribution in [-0.2, 0) is 0 Å². The second-order valence-corrected chi connectivity index (χ2v) is 2.74. The minimum absolute atomic E-state index is 0.686. The van der Waals surface area contributed by atoms with E-state index in [2.05, 4.69) is 22.0 Å². The van der Waals surface area contributed by atoms with E-state index in [0.717, 1.165) is 11.1 Å². The summed E-state index contributed by atoms with van der Waals surface area (Å²) in [7, 11) is 0. The molecule has 13 heavy (non-hydrogen) atoms. The molecule has 1 aromatic heterocycles. The zero-order valence-electron chi connectivity index (χ0n) is 6.94. The third-order valence-corrected chi connectivity index (χ3v) is 1.93. The summed E-state index contributed by atoms with van der Waals surface area (Å²) in [6.07, 6.45) is 0.775. The molecule has 2 aromatic rings. The fourth-order valence-electron chi connectivity index (χ4n) is 1.26. The van der Waals surface area contributed by atoms with Crippen LogP contribution in [0.5, 0.6) is 0 Å². The van der Waals surface area contributed by atoms with Crippen LogP contribution in [0.15, 0.2) is 30.9 Å². The van der Waals surface area contributed by atoms with Crippen LogP contribution in [0.4, 0.5) is 0 Å². The van der Waals surface area contributed by atoms with E-state index >= 15 is 0 Å². The molecule has 0 aliphatic heterocycles. The Hall–Kier alpha value is -1.68. The lowest BCUT2D eigenvalue weighted by Gasteiger charge is -2.04. The van der Waals surface area contributed by atoms with Crippen LogP contribution < -0.4 is 0 Å². The maximum absolute atomic E-state index is 9.55. The molecule has 0 amide bonds. The molecule has 1 atom stereocenters. The molecule has 0 spiro atoms. The predicted octanol–water partition coefficient (Wildman–Crippen LogP) is 1.18. The smallest absolute Gasteiger partial charge is 0.119 e. The van der Waals surface area contributed by atoms with Gasteiger partial charge in [-0.05, 0) is 6.07 Å². The van der Waals surface area contributed by atoms with Gasteiger partial charge in [-0.2, -0.15) is 0 Å². The first-order chi connectivity index (χ1) is 6.33. The highest BCUT2D eigenvalue weighted by molar-refractivity contribution is 5.77. The number of hydrogen-bond acceptors (Lipinski definition) is 3. The maximum atomic E-state index is 9.55. The van der Waals surface area contributed by atoms with Gasteiger partial charge in [0.2, 0.25) is 0 Å². The molecular weight excluding hydrogens is 166 g/mol. The quantitative estimate of drug-likeness (QED) is 0.673. The van der Waals surface area contributed by atoms with Crippen molar-refractivity contribution in [3.8, 4) is 0 Å². The molecule has 1 aromatic carbocycles. The Labute approximate surface area is 74.9 Å².